The molecular formula is C32H38N4O. The molecule has 1 aliphatic heterocycles. The highest BCUT2D eigenvalue weighted by atomic mass is 16.5. The topological polar surface area (TPSA) is 42.3 Å². The second kappa shape index (κ2) is 10.3. The average Bonchev–Trinajstić information content (AvgIpc) is 3.26. The van der Waals surface area contributed by atoms with Crippen molar-refractivity contribution in [3.05, 3.63) is 89.1 Å². The maximum absolute atomic E-state index is 5.82. The molecule has 192 valence electrons. The average molecular weight is 495 g/mol. The number of aryl methyl sites for hydroxylation is 1. The van der Waals surface area contributed by atoms with Crippen LogP contribution in [0.5, 0.6) is 5.75 Å². The fraction of sp³-hybridized carbons (Fsp3) is 0.344. The van der Waals surface area contributed by atoms with Crippen LogP contribution in [0.2, 0.25) is 0 Å². The van der Waals surface area contributed by atoms with Gasteiger partial charge in [-0.05, 0) is 62.1 Å². The number of ether oxygens (including phenoxy) is 1. The molecule has 0 atom stereocenters. The molecule has 3 aromatic carbocycles. The Morgan fingerprint density at radius 2 is 1.68 bits per heavy atom. The maximum Gasteiger partial charge on any atom is 0.144 e. The number of anilines is 2. The number of hydrogen-bond acceptors (Lipinski definition) is 4. The summed E-state index contributed by atoms with van der Waals surface area (Å²) in [6, 6.07) is 24.2. The fourth-order valence-electron chi connectivity index (χ4n) is 5.43. The Kier molecular flexibility index (Phi) is 6.96. The van der Waals surface area contributed by atoms with Gasteiger partial charge < -0.3 is 15.0 Å². The highest BCUT2D eigenvalue weighted by molar-refractivity contribution is 5.72. The van der Waals surface area contributed by atoms with Crippen molar-refractivity contribution in [2.45, 2.75) is 59.5 Å². The molecule has 1 aromatic heterocycles. The molecule has 5 heteroatoms. The van der Waals surface area contributed by atoms with Crippen LogP contribution in [-0.2, 0) is 13.0 Å². The first-order valence-corrected chi connectivity index (χ1v) is 13.3. The predicted molar refractivity (Wildman–Crippen MR) is 154 cm³/mol. The smallest absolute Gasteiger partial charge is 0.144 e. The van der Waals surface area contributed by atoms with E-state index in [-0.39, 0.29) is 0 Å². The Morgan fingerprint density at radius 3 is 2.38 bits per heavy atom. The maximum atomic E-state index is 5.82. The first-order chi connectivity index (χ1) is 17.9. The summed E-state index contributed by atoms with van der Waals surface area (Å²) < 4.78 is 7.94. The van der Waals surface area contributed by atoms with Crippen LogP contribution in [0.3, 0.4) is 0 Å². The van der Waals surface area contributed by atoms with E-state index in [2.05, 4.69) is 104 Å². The summed E-state index contributed by atoms with van der Waals surface area (Å²) in [6.45, 7) is 12.8. The normalized spacial score (nSPS) is 13.2. The van der Waals surface area contributed by atoms with Crippen LogP contribution in [0.25, 0.3) is 16.9 Å². The minimum atomic E-state index is 0.384. The minimum Gasteiger partial charge on any atom is -0.494 e. The van der Waals surface area contributed by atoms with Gasteiger partial charge in [0, 0.05) is 48.1 Å². The number of rotatable bonds is 7. The first-order valence-electron chi connectivity index (χ1n) is 13.3. The van der Waals surface area contributed by atoms with Crippen molar-refractivity contribution >= 4 is 11.4 Å². The van der Waals surface area contributed by atoms with E-state index in [4.69, 9.17) is 9.84 Å². The molecule has 0 bridgehead atoms. The third kappa shape index (κ3) is 4.83. The molecular weight excluding hydrogens is 456 g/mol. The van der Waals surface area contributed by atoms with Gasteiger partial charge in [0.1, 0.15) is 11.4 Å². The van der Waals surface area contributed by atoms with Gasteiger partial charge in [-0.2, -0.15) is 5.10 Å². The first kappa shape index (κ1) is 24.9. The second-order valence-corrected chi connectivity index (χ2v) is 10.6. The van der Waals surface area contributed by atoms with E-state index in [1.807, 2.05) is 12.1 Å². The standard InChI is InChI=1S/C32H38N4O/c1-21(2)26-11-7-8-12-29(26)35-19-18-28-27(20-35)32(24-14-16-25(17-15-24)33-22(3)4)36(34-28)31-23(5)10-9-13-30(31)37-6/h7-17,21-22,33H,18-20H2,1-6H3. The van der Waals surface area contributed by atoms with Crippen LogP contribution in [0.15, 0.2) is 66.7 Å². The lowest BCUT2D eigenvalue weighted by atomic mass is 9.96. The third-order valence-corrected chi connectivity index (χ3v) is 7.18. The van der Waals surface area contributed by atoms with Crippen LogP contribution in [0, 0.1) is 6.92 Å². The highest BCUT2D eigenvalue weighted by Gasteiger charge is 2.29. The molecule has 0 spiro atoms. The molecule has 1 aliphatic rings. The van der Waals surface area contributed by atoms with E-state index in [0.29, 0.717) is 12.0 Å². The van der Waals surface area contributed by atoms with Crippen molar-refractivity contribution in [3.63, 3.8) is 0 Å². The molecule has 0 fully saturated rings. The van der Waals surface area contributed by atoms with Crippen molar-refractivity contribution < 1.29 is 4.74 Å². The van der Waals surface area contributed by atoms with Gasteiger partial charge in [0.05, 0.1) is 18.5 Å². The van der Waals surface area contributed by atoms with Crippen LogP contribution < -0.4 is 15.0 Å². The summed E-state index contributed by atoms with van der Waals surface area (Å²) in [7, 11) is 1.73. The highest BCUT2D eigenvalue weighted by Crippen LogP contribution is 2.39. The van der Waals surface area contributed by atoms with Crippen molar-refractivity contribution in [2.24, 2.45) is 0 Å². The van der Waals surface area contributed by atoms with E-state index < -0.39 is 0 Å². The zero-order valence-electron chi connectivity index (χ0n) is 22.9. The number of benzene rings is 3. The number of hydrogen-bond donors (Lipinski definition) is 1. The molecule has 37 heavy (non-hydrogen) atoms. The molecule has 0 saturated heterocycles. The SMILES string of the molecule is COc1cccc(C)c1-n1nc2c(c1-c1ccc(NC(C)C)cc1)CN(c1ccccc1C(C)C)CC2. The Hall–Kier alpha value is -3.73. The molecule has 0 amide bonds. The van der Waals surface area contributed by atoms with Crippen LogP contribution in [-0.4, -0.2) is 29.5 Å². The number of fused-ring (bicyclic) bond motifs is 1. The van der Waals surface area contributed by atoms with Gasteiger partial charge in [0.25, 0.3) is 0 Å². The lowest BCUT2D eigenvalue weighted by Crippen LogP contribution is -2.31. The largest absolute Gasteiger partial charge is 0.494 e. The van der Waals surface area contributed by atoms with E-state index in [9.17, 15) is 0 Å². The minimum absolute atomic E-state index is 0.384. The Balaban J connectivity index is 1.66. The Labute approximate surface area is 221 Å². The van der Waals surface area contributed by atoms with Crippen LogP contribution >= 0.6 is 0 Å². The van der Waals surface area contributed by atoms with Gasteiger partial charge in [-0.25, -0.2) is 4.68 Å². The summed E-state index contributed by atoms with van der Waals surface area (Å²) in [5.74, 6) is 1.30. The van der Waals surface area contributed by atoms with E-state index >= 15 is 0 Å². The van der Waals surface area contributed by atoms with Gasteiger partial charge in [0.15, 0.2) is 0 Å². The Morgan fingerprint density at radius 1 is 0.919 bits per heavy atom. The summed E-state index contributed by atoms with van der Waals surface area (Å²) in [5, 5.41) is 8.73. The lowest BCUT2D eigenvalue weighted by molar-refractivity contribution is 0.411. The number of methoxy groups -OCH3 is 1. The number of nitrogens with one attached hydrogen (secondary N) is 1. The molecule has 2 heterocycles. The molecule has 0 radical (unpaired) electrons. The molecule has 5 rings (SSSR count). The van der Waals surface area contributed by atoms with Gasteiger partial charge >= 0.3 is 0 Å². The van der Waals surface area contributed by atoms with E-state index in [1.165, 1.54) is 22.5 Å². The molecule has 5 nitrogen and oxygen atoms in total. The molecule has 0 aliphatic carbocycles. The zero-order chi connectivity index (χ0) is 26.1. The molecule has 4 aromatic rings. The van der Waals surface area contributed by atoms with Gasteiger partial charge in [0.2, 0.25) is 0 Å². The number of nitrogens with zero attached hydrogens (tertiary/aromatic N) is 3. The van der Waals surface area contributed by atoms with Crippen LogP contribution in [0.4, 0.5) is 11.4 Å². The number of para-hydroxylation sites is 2. The van der Waals surface area contributed by atoms with E-state index in [1.54, 1.807) is 7.11 Å². The second-order valence-electron chi connectivity index (χ2n) is 10.6. The molecule has 0 unspecified atom stereocenters. The Bertz CT molecular complexity index is 1380. The van der Waals surface area contributed by atoms with Crippen molar-refractivity contribution in [1.29, 1.82) is 0 Å². The van der Waals surface area contributed by atoms with Gasteiger partial charge in [-0.15, -0.1) is 0 Å². The summed E-state index contributed by atoms with van der Waals surface area (Å²) in [4.78, 5) is 2.52. The predicted octanol–water partition coefficient (Wildman–Crippen LogP) is 7.36. The van der Waals surface area contributed by atoms with Crippen molar-refractivity contribution in [3.8, 4) is 22.7 Å². The zero-order valence-corrected chi connectivity index (χ0v) is 22.9. The van der Waals surface area contributed by atoms with Gasteiger partial charge in [-0.3, -0.25) is 0 Å². The molecule has 0 saturated carbocycles. The molecule has 1 N–H and O–H groups in total. The van der Waals surface area contributed by atoms with E-state index in [0.717, 1.165) is 53.5 Å². The summed E-state index contributed by atoms with van der Waals surface area (Å²) >= 11 is 0. The summed E-state index contributed by atoms with van der Waals surface area (Å²) in [6.07, 6.45) is 0.906. The quantitative estimate of drug-likeness (QED) is 0.291. The van der Waals surface area contributed by atoms with Crippen molar-refractivity contribution in [2.75, 3.05) is 23.9 Å². The number of aromatic nitrogens is 2. The van der Waals surface area contributed by atoms with Crippen LogP contribution in [0.1, 0.15) is 56.0 Å². The lowest BCUT2D eigenvalue weighted by Gasteiger charge is -2.31. The van der Waals surface area contributed by atoms with Crippen molar-refractivity contribution in [1.82, 2.24) is 9.78 Å². The fourth-order valence-corrected chi connectivity index (χ4v) is 5.43. The third-order valence-electron chi connectivity index (χ3n) is 7.18. The monoisotopic (exact) mass is 494 g/mol. The summed E-state index contributed by atoms with van der Waals surface area (Å²) in [5.41, 5.74) is 10.8. The van der Waals surface area contributed by atoms with Gasteiger partial charge in [-0.1, -0.05) is 56.3 Å².